The highest BCUT2D eigenvalue weighted by Gasteiger charge is 2.17. The molecule has 1 unspecified atom stereocenters. The van der Waals surface area contributed by atoms with Crippen molar-refractivity contribution in [2.75, 3.05) is 19.8 Å². The van der Waals surface area contributed by atoms with Crippen LogP contribution >= 0.6 is 0 Å². The zero-order valence-electron chi connectivity index (χ0n) is 33.4. The van der Waals surface area contributed by atoms with Crippen molar-refractivity contribution >= 4 is 11.9 Å². The van der Waals surface area contributed by atoms with Crippen molar-refractivity contribution in [2.45, 2.75) is 219 Å². The molecule has 50 heavy (non-hydrogen) atoms. The van der Waals surface area contributed by atoms with Crippen LogP contribution in [-0.4, -0.2) is 37.9 Å². The van der Waals surface area contributed by atoms with Gasteiger partial charge in [0.1, 0.15) is 6.61 Å². The largest absolute Gasteiger partial charge is 0.462 e. The highest BCUT2D eigenvalue weighted by atomic mass is 16.6. The molecule has 0 aliphatic rings. The number of carbonyl (C=O) groups is 2. The molecule has 0 saturated carbocycles. The van der Waals surface area contributed by atoms with Gasteiger partial charge in [-0.25, -0.2) is 0 Å². The lowest BCUT2D eigenvalue weighted by Crippen LogP contribution is -2.30. The molecule has 0 aromatic carbocycles. The molecule has 5 heteroatoms. The number of ether oxygens (including phenoxy) is 3. The van der Waals surface area contributed by atoms with E-state index in [4.69, 9.17) is 14.2 Å². The first-order chi connectivity index (χ1) is 24.6. The molecular weight excluding hydrogens is 620 g/mol. The number of hydrogen-bond acceptors (Lipinski definition) is 5. The lowest BCUT2D eigenvalue weighted by Gasteiger charge is -2.18. The van der Waals surface area contributed by atoms with Crippen LogP contribution in [0.1, 0.15) is 213 Å². The summed E-state index contributed by atoms with van der Waals surface area (Å²) in [6, 6.07) is 0. The minimum Gasteiger partial charge on any atom is -0.462 e. The van der Waals surface area contributed by atoms with Gasteiger partial charge in [0.2, 0.25) is 0 Å². The van der Waals surface area contributed by atoms with Crippen LogP contribution in [0.3, 0.4) is 0 Å². The van der Waals surface area contributed by atoms with Crippen LogP contribution in [0.2, 0.25) is 0 Å². The van der Waals surface area contributed by atoms with Crippen LogP contribution < -0.4 is 0 Å². The number of hydrogen-bond donors (Lipinski definition) is 0. The van der Waals surface area contributed by atoms with Gasteiger partial charge in [0.15, 0.2) is 6.10 Å². The molecule has 5 nitrogen and oxygen atoms in total. The van der Waals surface area contributed by atoms with E-state index in [1.54, 1.807) is 0 Å². The average molecular weight is 703 g/mol. The van der Waals surface area contributed by atoms with Gasteiger partial charge in [-0.2, -0.15) is 0 Å². The first-order valence-corrected chi connectivity index (χ1v) is 21.5. The Morgan fingerprint density at radius 2 is 0.900 bits per heavy atom. The Morgan fingerprint density at radius 1 is 0.460 bits per heavy atom. The molecule has 0 aliphatic heterocycles. The van der Waals surface area contributed by atoms with Crippen molar-refractivity contribution in [3.63, 3.8) is 0 Å². The van der Waals surface area contributed by atoms with E-state index < -0.39 is 6.10 Å². The predicted octanol–water partition coefficient (Wildman–Crippen LogP) is 13.9. The summed E-state index contributed by atoms with van der Waals surface area (Å²) in [5, 5.41) is 0. The maximum atomic E-state index is 12.5. The second-order valence-electron chi connectivity index (χ2n) is 14.2. The molecule has 0 rings (SSSR count). The Labute approximate surface area is 310 Å². The number of esters is 2. The number of carbonyl (C=O) groups excluding carboxylic acids is 2. The molecule has 0 spiro atoms. The summed E-state index contributed by atoms with van der Waals surface area (Å²) in [5.41, 5.74) is 0. The van der Waals surface area contributed by atoms with Crippen LogP contribution in [0.4, 0.5) is 0 Å². The summed E-state index contributed by atoms with van der Waals surface area (Å²) in [6.45, 7) is 7.61. The summed E-state index contributed by atoms with van der Waals surface area (Å²) in [4.78, 5) is 25.0. The van der Waals surface area contributed by atoms with Gasteiger partial charge in [-0.05, 0) is 51.4 Å². The fourth-order valence-electron chi connectivity index (χ4n) is 5.99. The zero-order valence-corrected chi connectivity index (χ0v) is 33.4. The molecule has 292 valence electrons. The molecule has 0 fully saturated rings. The maximum absolute atomic E-state index is 12.5. The lowest BCUT2D eigenvalue weighted by molar-refractivity contribution is -0.163. The van der Waals surface area contributed by atoms with Gasteiger partial charge >= 0.3 is 11.9 Å². The molecule has 0 radical (unpaired) electrons. The maximum Gasteiger partial charge on any atom is 0.306 e. The Kier molecular flexibility index (Phi) is 40.0. The molecule has 0 bridgehead atoms. The smallest absolute Gasteiger partial charge is 0.306 e. The van der Waals surface area contributed by atoms with Gasteiger partial charge in [0, 0.05) is 19.4 Å². The molecular formula is C45H82O5. The summed E-state index contributed by atoms with van der Waals surface area (Å²) in [6.07, 6.45) is 47.4. The molecule has 0 heterocycles. The SMILES string of the molecule is CC/C=C\C/C=C\C/C=C\CCCCCCOCC(COC(=O)CCCCCCCCCCCCCCCCC)OC(=O)CCCCCCC. The Bertz CT molecular complexity index is 801. The van der Waals surface area contributed by atoms with E-state index in [9.17, 15) is 9.59 Å². The van der Waals surface area contributed by atoms with E-state index in [1.807, 2.05) is 0 Å². The van der Waals surface area contributed by atoms with Crippen LogP contribution in [0, 0.1) is 0 Å². The fraction of sp³-hybridized carbons (Fsp3) is 0.822. The van der Waals surface area contributed by atoms with Gasteiger partial charge in [0.05, 0.1) is 6.61 Å². The van der Waals surface area contributed by atoms with Crippen LogP contribution in [0.5, 0.6) is 0 Å². The first-order valence-electron chi connectivity index (χ1n) is 21.5. The van der Waals surface area contributed by atoms with E-state index >= 15 is 0 Å². The molecule has 0 saturated heterocycles. The topological polar surface area (TPSA) is 61.8 Å². The number of rotatable bonds is 39. The van der Waals surface area contributed by atoms with E-state index in [0.717, 1.165) is 70.6 Å². The third kappa shape index (κ3) is 38.9. The predicted molar refractivity (Wildman–Crippen MR) is 215 cm³/mol. The van der Waals surface area contributed by atoms with Crippen LogP contribution in [0.15, 0.2) is 36.5 Å². The van der Waals surface area contributed by atoms with E-state index in [2.05, 4.69) is 57.2 Å². The lowest BCUT2D eigenvalue weighted by atomic mass is 10.0. The van der Waals surface area contributed by atoms with Crippen LogP contribution in [0.25, 0.3) is 0 Å². The molecule has 0 aromatic heterocycles. The summed E-state index contributed by atoms with van der Waals surface area (Å²) in [5.74, 6) is -0.417. The minimum absolute atomic E-state index is 0.0795. The Morgan fingerprint density at radius 3 is 1.44 bits per heavy atom. The fourth-order valence-corrected chi connectivity index (χ4v) is 5.99. The van der Waals surface area contributed by atoms with Crippen molar-refractivity contribution in [1.82, 2.24) is 0 Å². The van der Waals surface area contributed by atoms with Crippen molar-refractivity contribution in [3.8, 4) is 0 Å². The third-order valence-electron chi connectivity index (χ3n) is 9.19. The van der Waals surface area contributed by atoms with E-state index in [-0.39, 0.29) is 25.2 Å². The zero-order chi connectivity index (χ0) is 36.4. The number of unbranched alkanes of at least 4 members (excludes halogenated alkanes) is 22. The molecule has 0 amide bonds. The molecule has 0 aromatic rings. The molecule has 1 atom stereocenters. The van der Waals surface area contributed by atoms with Crippen molar-refractivity contribution < 1.29 is 23.8 Å². The van der Waals surface area contributed by atoms with E-state index in [0.29, 0.717) is 19.4 Å². The van der Waals surface area contributed by atoms with Gasteiger partial charge < -0.3 is 14.2 Å². The average Bonchev–Trinajstić information content (AvgIpc) is 3.11. The third-order valence-corrected chi connectivity index (χ3v) is 9.19. The van der Waals surface area contributed by atoms with Crippen molar-refractivity contribution in [2.24, 2.45) is 0 Å². The monoisotopic (exact) mass is 703 g/mol. The van der Waals surface area contributed by atoms with E-state index in [1.165, 1.54) is 109 Å². The Balaban J connectivity index is 4.09. The van der Waals surface area contributed by atoms with Gasteiger partial charge in [-0.15, -0.1) is 0 Å². The molecule has 0 N–H and O–H groups in total. The summed E-state index contributed by atoms with van der Waals surface area (Å²) >= 11 is 0. The van der Waals surface area contributed by atoms with Crippen molar-refractivity contribution in [1.29, 1.82) is 0 Å². The van der Waals surface area contributed by atoms with Crippen molar-refractivity contribution in [3.05, 3.63) is 36.5 Å². The normalized spacial score (nSPS) is 12.5. The minimum atomic E-state index is -0.537. The highest BCUT2D eigenvalue weighted by Crippen LogP contribution is 2.14. The second kappa shape index (κ2) is 41.5. The van der Waals surface area contributed by atoms with Gasteiger partial charge in [-0.3, -0.25) is 9.59 Å². The summed E-state index contributed by atoms with van der Waals surface area (Å²) in [7, 11) is 0. The molecule has 0 aliphatic carbocycles. The number of allylic oxidation sites excluding steroid dienone is 6. The quantitative estimate of drug-likeness (QED) is 0.0362. The highest BCUT2D eigenvalue weighted by molar-refractivity contribution is 5.70. The summed E-state index contributed by atoms with van der Waals surface area (Å²) < 4.78 is 17.1. The second-order valence-corrected chi connectivity index (χ2v) is 14.2. The Hall–Kier alpha value is -1.88. The van der Waals surface area contributed by atoms with Gasteiger partial charge in [-0.1, -0.05) is 186 Å². The van der Waals surface area contributed by atoms with Gasteiger partial charge in [0.25, 0.3) is 0 Å². The van der Waals surface area contributed by atoms with Crippen LogP contribution in [-0.2, 0) is 23.8 Å². The standard InChI is InChI=1S/C45H82O5/c1-4-7-10-13-15-17-19-21-23-24-26-28-30-33-35-38-44(46)49-42-43(50-45(47)39-36-32-12-9-6-3)41-48-40-37-34-31-29-27-25-22-20-18-16-14-11-8-5-2/h8,11,16,18,22,25,43H,4-7,9-10,12-15,17,19-21,23-24,26-42H2,1-3H3/b11-8-,18-16-,25-22-. The first kappa shape index (κ1) is 48.1.